The molecule has 1 aliphatic rings. The molecule has 0 amide bonds. The molecule has 1 aliphatic heterocycles. The van der Waals surface area contributed by atoms with E-state index in [1.165, 1.54) is 33.8 Å². The molecule has 1 saturated heterocycles. The monoisotopic (exact) mass is 509 g/mol. The molecule has 190 valence electrons. The Labute approximate surface area is 225 Å². The molecule has 0 spiro atoms. The first-order valence-electron chi connectivity index (χ1n) is 13.0. The highest BCUT2D eigenvalue weighted by Crippen LogP contribution is 2.41. The van der Waals surface area contributed by atoms with Crippen LogP contribution < -0.4 is 10.6 Å². The minimum absolute atomic E-state index is 0.0114. The molecular formula is C31H35N5S. The van der Waals surface area contributed by atoms with Gasteiger partial charge in [0.15, 0.2) is 5.11 Å². The van der Waals surface area contributed by atoms with Crippen molar-refractivity contribution in [2.75, 3.05) is 18.4 Å². The zero-order valence-corrected chi connectivity index (χ0v) is 22.8. The standard InChI is InChI=1S/C31H35N5S/c1-21-12-10-13-22(2)29(21)36-23(3)20-26(24(36)4)30-28(27-16-8-9-17-33-27)34-31(37)35(30)19-11-18-32-25-14-6-5-7-15-25/h5-10,12-17,20,28,30,32H,11,18-19H2,1-4H3,(H,34,37)/t28-,30-/m0/s1. The molecule has 2 aromatic heterocycles. The van der Waals surface area contributed by atoms with Gasteiger partial charge in [0.05, 0.1) is 23.5 Å². The number of benzene rings is 2. The maximum absolute atomic E-state index is 5.92. The second-order valence-corrected chi connectivity index (χ2v) is 10.3. The van der Waals surface area contributed by atoms with Gasteiger partial charge in [0.2, 0.25) is 0 Å². The molecule has 6 heteroatoms. The molecule has 3 heterocycles. The second-order valence-electron chi connectivity index (χ2n) is 9.87. The molecule has 0 saturated carbocycles. The summed E-state index contributed by atoms with van der Waals surface area (Å²) in [5.74, 6) is 0. The van der Waals surface area contributed by atoms with E-state index in [0.717, 1.165) is 36.0 Å². The predicted molar refractivity (Wildman–Crippen MR) is 156 cm³/mol. The number of pyridine rings is 1. The van der Waals surface area contributed by atoms with Gasteiger partial charge in [0.25, 0.3) is 0 Å². The smallest absolute Gasteiger partial charge is 0.170 e. The van der Waals surface area contributed by atoms with Gasteiger partial charge in [0.1, 0.15) is 0 Å². The number of thiocarbonyl (C=S) groups is 1. The lowest BCUT2D eigenvalue weighted by Gasteiger charge is -2.28. The molecule has 0 bridgehead atoms. The van der Waals surface area contributed by atoms with Crippen LogP contribution in [-0.4, -0.2) is 32.7 Å². The first-order chi connectivity index (χ1) is 18.0. The van der Waals surface area contributed by atoms with Crippen molar-refractivity contribution in [1.29, 1.82) is 0 Å². The lowest BCUT2D eigenvalue weighted by molar-refractivity contribution is 0.315. The zero-order valence-electron chi connectivity index (χ0n) is 22.0. The van der Waals surface area contributed by atoms with Crippen LogP contribution in [0.5, 0.6) is 0 Å². The summed E-state index contributed by atoms with van der Waals surface area (Å²) in [6.45, 7) is 10.6. The summed E-state index contributed by atoms with van der Waals surface area (Å²) in [5.41, 5.74) is 9.75. The summed E-state index contributed by atoms with van der Waals surface area (Å²) in [6, 6.07) is 25.4. The summed E-state index contributed by atoms with van der Waals surface area (Å²) in [6.07, 6.45) is 2.83. The van der Waals surface area contributed by atoms with Crippen LogP contribution in [0.1, 0.15) is 52.3 Å². The van der Waals surface area contributed by atoms with Crippen LogP contribution in [-0.2, 0) is 0 Å². The summed E-state index contributed by atoms with van der Waals surface area (Å²) in [5, 5.41) is 7.93. The van der Waals surface area contributed by atoms with Crippen molar-refractivity contribution >= 4 is 23.0 Å². The number of nitrogens with one attached hydrogen (secondary N) is 2. The Morgan fingerprint density at radius 1 is 0.919 bits per heavy atom. The van der Waals surface area contributed by atoms with E-state index in [9.17, 15) is 0 Å². The van der Waals surface area contributed by atoms with Crippen molar-refractivity contribution in [3.05, 3.63) is 113 Å². The highest BCUT2D eigenvalue weighted by atomic mass is 32.1. The highest BCUT2D eigenvalue weighted by Gasteiger charge is 2.41. The van der Waals surface area contributed by atoms with Gasteiger partial charge >= 0.3 is 0 Å². The van der Waals surface area contributed by atoms with Gasteiger partial charge in [-0.1, -0.05) is 42.5 Å². The fraction of sp³-hybridized carbons (Fsp3) is 0.290. The molecular weight excluding hydrogens is 474 g/mol. The zero-order chi connectivity index (χ0) is 25.9. The summed E-state index contributed by atoms with van der Waals surface area (Å²) in [4.78, 5) is 7.08. The van der Waals surface area contributed by atoms with Gasteiger partial charge in [-0.3, -0.25) is 4.98 Å². The van der Waals surface area contributed by atoms with Crippen molar-refractivity contribution in [2.45, 2.75) is 46.2 Å². The lowest BCUT2D eigenvalue weighted by atomic mass is 9.96. The predicted octanol–water partition coefficient (Wildman–Crippen LogP) is 6.58. The Morgan fingerprint density at radius 2 is 1.65 bits per heavy atom. The number of nitrogens with zero attached hydrogens (tertiary/aromatic N) is 3. The third-order valence-corrected chi connectivity index (χ3v) is 7.68. The summed E-state index contributed by atoms with van der Waals surface area (Å²) in [7, 11) is 0. The Balaban J connectivity index is 1.49. The summed E-state index contributed by atoms with van der Waals surface area (Å²) < 4.78 is 2.41. The minimum atomic E-state index is -0.0114. The fourth-order valence-corrected chi connectivity index (χ4v) is 5.94. The van der Waals surface area contributed by atoms with Gasteiger partial charge in [-0.15, -0.1) is 0 Å². The highest BCUT2D eigenvalue weighted by molar-refractivity contribution is 7.80. The van der Waals surface area contributed by atoms with Crippen LogP contribution in [0.25, 0.3) is 5.69 Å². The van der Waals surface area contributed by atoms with E-state index in [1.807, 2.05) is 18.3 Å². The molecule has 2 aromatic carbocycles. The Hall–Kier alpha value is -3.64. The van der Waals surface area contributed by atoms with Crippen LogP contribution in [0.2, 0.25) is 0 Å². The van der Waals surface area contributed by atoms with Gasteiger partial charge in [-0.25, -0.2) is 0 Å². The number of hydrogen-bond donors (Lipinski definition) is 2. The van der Waals surface area contributed by atoms with Crippen molar-refractivity contribution < 1.29 is 0 Å². The van der Waals surface area contributed by atoms with Crippen molar-refractivity contribution in [1.82, 2.24) is 19.8 Å². The van der Waals surface area contributed by atoms with Crippen LogP contribution >= 0.6 is 12.2 Å². The Morgan fingerprint density at radius 3 is 2.35 bits per heavy atom. The molecule has 0 aliphatic carbocycles. The molecule has 5 rings (SSSR count). The first-order valence-corrected chi connectivity index (χ1v) is 13.4. The van der Waals surface area contributed by atoms with Gasteiger partial charge in [-0.2, -0.15) is 0 Å². The lowest BCUT2D eigenvalue weighted by Crippen LogP contribution is -2.31. The Bertz CT molecular complexity index is 1360. The minimum Gasteiger partial charge on any atom is -0.385 e. The topological polar surface area (TPSA) is 45.1 Å². The van der Waals surface area contributed by atoms with Crippen LogP contribution in [0.4, 0.5) is 5.69 Å². The molecule has 1 fully saturated rings. The number of aromatic nitrogens is 2. The number of para-hydroxylation sites is 2. The van der Waals surface area contributed by atoms with E-state index in [1.54, 1.807) is 0 Å². The first kappa shape index (κ1) is 25.0. The SMILES string of the molecule is Cc1cccc(C)c1-n1c(C)cc([C@H]2[C@H](c3ccccn3)NC(=S)N2CCCNc2ccccc2)c1C. The van der Waals surface area contributed by atoms with E-state index in [2.05, 4.69) is 108 Å². The number of anilines is 1. The van der Waals surface area contributed by atoms with E-state index in [0.29, 0.717) is 0 Å². The number of hydrogen-bond acceptors (Lipinski definition) is 3. The molecule has 2 N–H and O–H groups in total. The van der Waals surface area contributed by atoms with Crippen LogP contribution in [0.15, 0.2) is 79.0 Å². The van der Waals surface area contributed by atoms with Gasteiger partial charge < -0.3 is 20.1 Å². The maximum Gasteiger partial charge on any atom is 0.170 e. The van der Waals surface area contributed by atoms with Crippen molar-refractivity contribution in [3.8, 4) is 5.69 Å². The van der Waals surface area contributed by atoms with Crippen LogP contribution in [0, 0.1) is 27.7 Å². The normalized spacial score (nSPS) is 17.2. The third kappa shape index (κ3) is 4.98. The maximum atomic E-state index is 5.92. The average Bonchev–Trinajstić information content (AvgIpc) is 3.38. The second kappa shape index (κ2) is 10.8. The van der Waals surface area contributed by atoms with E-state index in [4.69, 9.17) is 17.2 Å². The third-order valence-electron chi connectivity index (χ3n) is 7.33. The fourth-order valence-electron chi connectivity index (χ4n) is 5.61. The average molecular weight is 510 g/mol. The molecule has 4 aromatic rings. The number of aryl methyl sites for hydroxylation is 3. The molecule has 0 radical (unpaired) electrons. The largest absolute Gasteiger partial charge is 0.385 e. The van der Waals surface area contributed by atoms with Crippen molar-refractivity contribution in [2.24, 2.45) is 0 Å². The molecule has 5 nitrogen and oxygen atoms in total. The molecule has 37 heavy (non-hydrogen) atoms. The van der Waals surface area contributed by atoms with E-state index < -0.39 is 0 Å². The quantitative estimate of drug-likeness (QED) is 0.207. The summed E-state index contributed by atoms with van der Waals surface area (Å²) >= 11 is 5.92. The van der Waals surface area contributed by atoms with Gasteiger partial charge in [-0.05, 0) is 93.4 Å². The van der Waals surface area contributed by atoms with E-state index >= 15 is 0 Å². The van der Waals surface area contributed by atoms with Gasteiger partial charge in [0, 0.05) is 36.4 Å². The Kier molecular flexibility index (Phi) is 7.28. The van der Waals surface area contributed by atoms with Crippen LogP contribution in [0.3, 0.4) is 0 Å². The van der Waals surface area contributed by atoms with Crippen molar-refractivity contribution in [3.63, 3.8) is 0 Å². The van der Waals surface area contributed by atoms with E-state index in [-0.39, 0.29) is 12.1 Å². The molecule has 2 atom stereocenters. The molecule has 0 unspecified atom stereocenters. The number of rotatable bonds is 8.